The quantitative estimate of drug-likeness (QED) is 0.489. The van der Waals surface area contributed by atoms with E-state index in [-0.39, 0.29) is 25.0 Å². The molecule has 2 aromatic rings. The number of hydrogen-bond donors (Lipinski definition) is 1. The summed E-state index contributed by atoms with van der Waals surface area (Å²) in [6.45, 7) is 13.5. The van der Waals surface area contributed by atoms with E-state index in [1.54, 1.807) is 18.2 Å². The van der Waals surface area contributed by atoms with Gasteiger partial charge in [-0.3, -0.25) is 9.59 Å². The number of benzene rings is 2. The maximum atomic E-state index is 13.4. The van der Waals surface area contributed by atoms with Crippen LogP contribution in [-0.4, -0.2) is 34.9 Å². The van der Waals surface area contributed by atoms with E-state index in [2.05, 4.69) is 11.4 Å². The molecule has 5 nitrogen and oxygen atoms in total. The van der Waals surface area contributed by atoms with E-state index in [0.29, 0.717) is 27.8 Å². The molecular formula is C26H34Cl2N2O3. The molecule has 0 radical (unpaired) electrons. The zero-order valence-corrected chi connectivity index (χ0v) is 22.0. The summed E-state index contributed by atoms with van der Waals surface area (Å²) in [4.78, 5) is 28.0. The number of carbonyl (C=O) groups is 2. The van der Waals surface area contributed by atoms with Crippen LogP contribution in [0.2, 0.25) is 10.0 Å². The van der Waals surface area contributed by atoms with Gasteiger partial charge in [0.1, 0.15) is 11.8 Å². The number of carbonyl (C=O) groups excluding carboxylic acids is 2. The first-order valence-corrected chi connectivity index (χ1v) is 11.8. The van der Waals surface area contributed by atoms with E-state index in [9.17, 15) is 9.59 Å². The highest BCUT2D eigenvalue weighted by molar-refractivity contribution is 6.35. The minimum atomic E-state index is -0.674. The van der Waals surface area contributed by atoms with Gasteiger partial charge in [-0.05, 0) is 88.4 Å². The predicted octanol–water partition coefficient (Wildman–Crippen LogP) is 6.02. The number of aryl methyl sites for hydroxylation is 2. The summed E-state index contributed by atoms with van der Waals surface area (Å²) in [5.41, 5.74) is 3.42. The zero-order chi connectivity index (χ0) is 24.9. The first kappa shape index (κ1) is 27.0. The number of halogens is 2. The van der Waals surface area contributed by atoms with E-state index in [0.717, 1.165) is 16.7 Å². The highest BCUT2D eigenvalue weighted by atomic mass is 35.5. The summed E-state index contributed by atoms with van der Waals surface area (Å²) >= 11 is 12.4. The number of ether oxygens (including phenoxy) is 1. The van der Waals surface area contributed by atoms with Crippen molar-refractivity contribution >= 4 is 35.0 Å². The van der Waals surface area contributed by atoms with E-state index in [4.69, 9.17) is 27.9 Å². The monoisotopic (exact) mass is 492 g/mol. The summed E-state index contributed by atoms with van der Waals surface area (Å²) in [5, 5.41) is 3.93. The van der Waals surface area contributed by atoms with Gasteiger partial charge in [-0.1, -0.05) is 42.3 Å². The van der Waals surface area contributed by atoms with E-state index >= 15 is 0 Å². The zero-order valence-electron chi connectivity index (χ0n) is 20.5. The van der Waals surface area contributed by atoms with Gasteiger partial charge in [-0.2, -0.15) is 0 Å². The van der Waals surface area contributed by atoms with Crippen LogP contribution < -0.4 is 10.1 Å². The summed E-state index contributed by atoms with van der Waals surface area (Å²) in [6, 6.07) is 8.44. The van der Waals surface area contributed by atoms with Crippen LogP contribution in [0, 0.1) is 20.8 Å². The summed E-state index contributed by atoms with van der Waals surface area (Å²) in [7, 11) is 0. The Hall–Kier alpha value is -2.24. The topological polar surface area (TPSA) is 58.6 Å². The lowest BCUT2D eigenvalue weighted by molar-refractivity contribution is -0.143. The van der Waals surface area contributed by atoms with Gasteiger partial charge in [0.2, 0.25) is 5.91 Å². The maximum absolute atomic E-state index is 13.4. The van der Waals surface area contributed by atoms with Crippen molar-refractivity contribution in [1.82, 2.24) is 10.2 Å². The standard InChI is InChI=1S/C26H34Cl2N2O3/c1-8-22(25(32)29-26(5,6)7)30(14-19-9-10-20(27)13-21(19)28)24(31)15-33-23-12-16(2)11-17(3)18(23)4/h9-13,22H,8,14-15H2,1-7H3,(H,29,32)/t22-/m1/s1. The van der Waals surface area contributed by atoms with Crippen LogP contribution in [-0.2, 0) is 16.1 Å². The Balaban J connectivity index is 2.34. The molecule has 0 aliphatic rings. The molecule has 0 aliphatic heterocycles. The van der Waals surface area contributed by atoms with E-state index in [1.807, 2.05) is 54.5 Å². The van der Waals surface area contributed by atoms with Gasteiger partial charge in [0.15, 0.2) is 6.61 Å². The Morgan fingerprint density at radius 2 is 1.76 bits per heavy atom. The fraction of sp³-hybridized carbons (Fsp3) is 0.462. The SMILES string of the molecule is CC[C@H](C(=O)NC(C)(C)C)N(Cc1ccc(Cl)cc1Cl)C(=O)COc1cc(C)cc(C)c1C. The molecule has 33 heavy (non-hydrogen) atoms. The Bertz CT molecular complexity index is 1020. The maximum Gasteiger partial charge on any atom is 0.261 e. The van der Waals surface area contributed by atoms with Gasteiger partial charge in [-0.25, -0.2) is 0 Å². The lowest BCUT2D eigenvalue weighted by atomic mass is 10.1. The average Bonchev–Trinajstić information content (AvgIpc) is 2.69. The Labute approximate surface area is 207 Å². The summed E-state index contributed by atoms with van der Waals surface area (Å²) in [6.07, 6.45) is 0.446. The molecule has 0 aromatic heterocycles. The van der Waals surface area contributed by atoms with Crippen LogP contribution in [0.3, 0.4) is 0 Å². The second kappa shape index (κ2) is 11.3. The van der Waals surface area contributed by atoms with Gasteiger partial charge < -0.3 is 15.0 Å². The lowest BCUT2D eigenvalue weighted by Crippen LogP contribution is -2.54. The summed E-state index contributed by atoms with van der Waals surface area (Å²) in [5.74, 6) is 0.152. The third-order valence-electron chi connectivity index (χ3n) is 5.36. The van der Waals surface area contributed by atoms with Gasteiger partial charge >= 0.3 is 0 Å². The van der Waals surface area contributed by atoms with Gasteiger partial charge in [0.25, 0.3) is 5.91 Å². The predicted molar refractivity (Wildman–Crippen MR) is 135 cm³/mol. The first-order valence-electron chi connectivity index (χ1n) is 11.1. The molecule has 0 fully saturated rings. The van der Waals surface area contributed by atoms with Gasteiger partial charge in [0.05, 0.1) is 0 Å². The molecule has 180 valence electrons. The lowest BCUT2D eigenvalue weighted by Gasteiger charge is -2.33. The number of rotatable bonds is 8. The molecule has 2 aromatic carbocycles. The van der Waals surface area contributed by atoms with E-state index in [1.165, 1.54) is 4.90 Å². The molecule has 0 spiro atoms. The molecule has 0 aliphatic carbocycles. The van der Waals surface area contributed by atoms with Crippen molar-refractivity contribution in [3.8, 4) is 5.75 Å². The number of nitrogens with one attached hydrogen (secondary N) is 1. The van der Waals surface area contributed by atoms with Crippen molar-refractivity contribution in [2.24, 2.45) is 0 Å². The highest BCUT2D eigenvalue weighted by Crippen LogP contribution is 2.26. The van der Waals surface area contributed by atoms with Crippen LogP contribution in [0.1, 0.15) is 56.4 Å². The molecular weight excluding hydrogens is 459 g/mol. The average molecular weight is 493 g/mol. The van der Waals surface area contributed by atoms with Crippen LogP contribution in [0.15, 0.2) is 30.3 Å². The van der Waals surface area contributed by atoms with Crippen LogP contribution in [0.5, 0.6) is 5.75 Å². The number of hydrogen-bond acceptors (Lipinski definition) is 3. The Morgan fingerprint density at radius 1 is 1.09 bits per heavy atom. The molecule has 0 unspecified atom stereocenters. The minimum absolute atomic E-state index is 0.167. The molecule has 2 rings (SSSR count). The second-order valence-electron chi connectivity index (χ2n) is 9.41. The molecule has 0 heterocycles. The van der Waals surface area contributed by atoms with Crippen LogP contribution in [0.25, 0.3) is 0 Å². The van der Waals surface area contributed by atoms with Gasteiger partial charge in [-0.15, -0.1) is 0 Å². The smallest absolute Gasteiger partial charge is 0.261 e. The largest absolute Gasteiger partial charge is 0.483 e. The van der Waals surface area contributed by atoms with Crippen molar-refractivity contribution < 1.29 is 14.3 Å². The van der Waals surface area contributed by atoms with Crippen LogP contribution in [0.4, 0.5) is 0 Å². The third kappa shape index (κ3) is 7.65. The normalized spacial score (nSPS) is 12.3. The molecule has 0 bridgehead atoms. The molecule has 0 saturated carbocycles. The second-order valence-corrected chi connectivity index (χ2v) is 10.3. The molecule has 2 amide bonds. The molecule has 1 atom stereocenters. The minimum Gasteiger partial charge on any atom is -0.483 e. The molecule has 7 heteroatoms. The van der Waals surface area contributed by atoms with Crippen molar-refractivity contribution in [1.29, 1.82) is 0 Å². The van der Waals surface area contributed by atoms with Gasteiger partial charge in [0, 0.05) is 22.1 Å². The van der Waals surface area contributed by atoms with Crippen molar-refractivity contribution in [2.75, 3.05) is 6.61 Å². The fourth-order valence-corrected chi connectivity index (χ4v) is 4.05. The molecule has 1 N–H and O–H groups in total. The Morgan fingerprint density at radius 3 is 2.33 bits per heavy atom. The third-order valence-corrected chi connectivity index (χ3v) is 5.94. The summed E-state index contributed by atoms with van der Waals surface area (Å²) < 4.78 is 5.93. The van der Waals surface area contributed by atoms with Crippen molar-refractivity contribution in [3.05, 3.63) is 62.6 Å². The number of nitrogens with zero attached hydrogens (tertiary/aromatic N) is 1. The molecule has 0 saturated heterocycles. The fourth-order valence-electron chi connectivity index (χ4n) is 3.58. The van der Waals surface area contributed by atoms with Crippen molar-refractivity contribution in [3.63, 3.8) is 0 Å². The van der Waals surface area contributed by atoms with Crippen molar-refractivity contribution in [2.45, 2.75) is 73.0 Å². The Kier molecular flexibility index (Phi) is 9.21. The number of amides is 2. The highest BCUT2D eigenvalue weighted by Gasteiger charge is 2.31. The first-order chi connectivity index (χ1) is 15.3. The van der Waals surface area contributed by atoms with Crippen LogP contribution >= 0.6 is 23.2 Å². The van der Waals surface area contributed by atoms with E-state index < -0.39 is 11.6 Å².